The molecule has 0 saturated carbocycles. The molecular weight excluding hydrogens is 462 g/mol. The van der Waals surface area contributed by atoms with E-state index in [0.29, 0.717) is 17.8 Å². The lowest BCUT2D eigenvalue weighted by atomic mass is 10.2. The largest absolute Gasteiger partial charge is 0.388 e. The Labute approximate surface area is 202 Å². The number of rotatable bonds is 6. The average Bonchev–Trinajstić information content (AvgIpc) is 3.18. The van der Waals surface area contributed by atoms with E-state index in [1.807, 2.05) is 4.68 Å². The van der Waals surface area contributed by atoms with Gasteiger partial charge in [0.1, 0.15) is 16.9 Å². The summed E-state index contributed by atoms with van der Waals surface area (Å²) in [6.45, 7) is 10.9. The van der Waals surface area contributed by atoms with Gasteiger partial charge in [0, 0.05) is 44.3 Å². The zero-order chi connectivity index (χ0) is 25.6. The number of aromatic nitrogens is 4. The fourth-order valence-electron chi connectivity index (χ4n) is 3.76. The van der Waals surface area contributed by atoms with Crippen molar-refractivity contribution in [2.75, 3.05) is 29.9 Å². The molecule has 1 atom stereocenters. The lowest BCUT2D eigenvalue weighted by Crippen LogP contribution is -2.49. The monoisotopic (exact) mass is 495 g/mol. The molecule has 3 aromatic rings. The second kappa shape index (κ2) is 11.7. The predicted octanol–water partition coefficient (Wildman–Crippen LogP) is 5.44. The van der Waals surface area contributed by atoms with Crippen LogP contribution in [0.4, 0.5) is 35.0 Å². The molecule has 3 heterocycles. The molecule has 1 unspecified atom stereocenters. The number of halogens is 4. The molecule has 2 aromatic heterocycles. The van der Waals surface area contributed by atoms with Crippen LogP contribution in [-0.2, 0) is 13.0 Å². The van der Waals surface area contributed by atoms with E-state index in [2.05, 4.69) is 36.3 Å². The van der Waals surface area contributed by atoms with E-state index >= 15 is 0 Å². The molecule has 0 aliphatic carbocycles. The molecule has 4 rings (SSSR count). The van der Waals surface area contributed by atoms with Crippen LogP contribution in [0, 0.1) is 5.82 Å². The second-order valence-corrected chi connectivity index (χ2v) is 8.49. The number of nitrogens with zero attached hydrogens (tertiary/aromatic N) is 5. The summed E-state index contributed by atoms with van der Waals surface area (Å²) in [5, 5.41) is 11.6. The minimum atomic E-state index is -3.96. The SMILES string of the molecule is CCC(F)(F)F.CCCn1nc(CC)c2nc(N3CCNC(C)C3)nc(Nc3ccc(F)cc3)c21. The highest BCUT2D eigenvalue weighted by molar-refractivity contribution is 5.90. The number of aryl methyl sites for hydroxylation is 2. The normalized spacial score (nSPS) is 16.2. The Morgan fingerprint density at radius 2 is 1.80 bits per heavy atom. The highest BCUT2D eigenvalue weighted by Gasteiger charge is 2.24. The lowest BCUT2D eigenvalue weighted by molar-refractivity contribution is -0.130. The van der Waals surface area contributed by atoms with E-state index in [0.717, 1.165) is 68.4 Å². The van der Waals surface area contributed by atoms with Gasteiger partial charge >= 0.3 is 6.18 Å². The first-order valence-corrected chi connectivity index (χ1v) is 12.0. The van der Waals surface area contributed by atoms with Crippen LogP contribution in [0.5, 0.6) is 0 Å². The number of anilines is 3. The number of benzene rings is 1. The number of nitrogens with one attached hydrogen (secondary N) is 2. The van der Waals surface area contributed by atoms with E-state index in [4.69, 9.17) is 15.1 Å². The fraction of sp³-hybridized carbons (Fsp3) is 0.542. The van der Waals surface area contributed by atoms with Crippen molar-refractivity contribution >= 4 is 28.5 Å². The van der Waals surface area contributed by atoms with Gasteiger partial charge in [-0.25, -0.2) is 9.37 Å². The number of fused-ring (bicyclic) bond motifs is 1. The van der Waals surface area contributed by atoms with Crippen LogP contribution in [0.1, 0.15) is 46.2 Å². The van der Waals surface area contributed by atoms with Gasteiger partial charge in [-0.2, -0.15) is 23.3 Å². The molecule has 35 heavy (non-hydrogen) atoms. The number of hydrogen-bond donors (Lipinski definition) is 2. The van der Waals surface area contributed by atoms with Gasteiger partial charge in [-0.15, -0.1) is 0 Å². The van der Waals surface area contributed by atoms with Crippen molar-refractivity contribution in [2.45, 2.75) is 65.7 Å². The molecule has 7 nitrogen and oxygen atoms in total. The summed E-state index contributed by atoms with van der Waals surface area (Å²) < 4.78 is 47.7. The summed E-state index contributed by atoms with van der Waals surface area (Å²) in [5.41, 5.74) is 3.55. The summed E-state index contributed by atoms with van der Waals surface area (Å²) in [7, 11) is 0. The van der Waals surface area contributed by atoms with Crippen molar-refractivity contribution < 1.29 is 17.6 Å². The predicted molar refractivity (Wildman–Crippen MR) is 131 cm³/mol. The first-order valence-electron chi connectivity index (χ1n) is 12.0. The third-order valence-electron chi connectivity index (χ3n) is 5.57. The van der Waals surface area contributed by atoms with Gasteiger partial charge in [0.15, 0.2) is 5.82 Å². The van der Waals surface area contributed by atoms with Crippen LogP contribution in [0.2, 0.25) is 0 Å². The Bertz CT molecular complexity index is 1100. The standard InChI is InChI=1S/C21H28FN7.C3H5F3/c1-4-11-29-19-18(17(5-2)27-29)25-21(28-12-10-23-14(3)13-28)26-20(19)24-16-8-6-15(22)7-9-16;1-2-3(4,5)6/h6-9,14,23H,4-5,10-13H2,1-3H3,(H,24,25,26);2H2,1H3. The second-order valence-electron chi connectivity index (χ2n) is 8.49. The van der Waals surface area contributed by atoms with Gasteiger partial charge in [-0.05, 0) is 44.0 Å². The van der Waals surface area contributed by atoms with Crippen molar-refractivity contribution in [2.24, 2.45) is 0 Å². The van der Waals surface area contributed by atoms with Crippen LogP contribution in [0.15, 0.2) is 24.3 Å². The molecule has 0 radical (unpaired) electrons. The van der Waals surface area contributed by atoms with Crippen molar-refractivity contribution in [1.82, 2.24) is 25.1 Å². The molecule has 1 aromatic carbocycles. The van der Waals surface area contributed by atoms with Crippen molar-refractivity contribution in [3.05, 3.63) is 35.8 Å². The maximum Gasteiger partial charge on any atom is 0.388 e. The molecule has 0 spiro atoms. The van der Waals surface area contributed by atoms with Gasteiger partial charge in [0.05, 0.1) is 5.69 Å². The topological polar surface area (TPSA) is 70.9 Å². The van der Waals surface area contributed by atoms with Crippen molar-refractivity contribution in [3.8, 4) is 0 Å². The van der Waals surface area contributed by atoms with Crippen LogP contribution in [0.25, 0.3) is 11.0 Å². The van der Waals surface area contributed by atoms with Crippen LogP contribution in [0.3, 0.4) is 0 Å². The molecule has 0 amide bonds. The molecular formula is C24H33F4N7. The van der Waals surface area contributed by atoms with Gasteiger partial charge < -0.3 is 15.5 Å². The van der Waals surface area contributed by atoms with Gasteiger partial charge in [0.25, 0.3) is 0 Å². The Morgan fingerprint density at radius 3 is 2.37 bits per heavy atom. The minimum Gasteiger partial charge on any atom is -0.338 e. The highest BCUT2D eigenvalue weighted by atomic mass is 19.4. The Kier molecular flexibility index (Phi) is 8.87. The van der Waals surface area contributed by atoms with Crippen LogP contribution < -0.4 is 15.5 Å². The third-order valence-corrected chi connectivity index (χ3v) is 5.57. The lowest BCUT2D eigenvalue weighted by Gasteiger charge is -2.32. The summed E-state index contributed by atoms with van der Waals surface area (Å²) in [6, 6.07) is 6.71. The molecule has 1 aliphatic heterocycles. The van der Waals surface area contributed by atoms with E-state index < -0.39 is 12.6 Å². The minimum absolute atomic E-state index is 0.261. The van der Waals surface area contributed by atoms with Gasteiger partial charge in [0.2, 0.25) is 5.95 Å². The molecule has 1 fully saturated rings. The van der Waals surface area contributed by atoms with Gasteiger partial charge in [-0.1, -0.05) is 20.8 Å². The molecule has 192 valence electrons. The summed E-state index contributed by atoms with van der Waals surface area (Å²) >= 11 is 0. The fourth-order valence-corrected chi connectivity index (χ4v) is 3.76. The zero-order valence-electron chi connectivity index (χ0n) is 20.6. The maximum atomic E-state index is 13.4. The number of alkyl halides is 3. The van der Waals surface area contributed by atoms with Crippen molar-refractivity contribution in [1.29, 1.82) is 0 Å². The molecule has 2 N–H and O–H groups in total. The average molecular weight is 496 g/mol. The summed E-state index contributed by atoms with van der Waals surface area (Å²) in [5.74, 6) is 1.16. The summed E-state index contributed by atoms with van der Waals surface area (Å²) in [4.78, 5) is 12.0. The number of hydrogen-bond acceptors (Lipinski definition) is 6. The third kappa shape index (κ3) is 7.03. The quantitative estimate of drug-likeness (QED) is 0.444. The Balaban J connectivity index is 0.000000509. The maximum absolute atomic E-state index is 13.4. The van der Waals surface area contributed by atoms with Crippen LogP contribution in [-0.4, -0.2) is 51.6 Å². The Morgan fingerprint density at radius 1 is 1.11 bits per heavy atom. The smallest absolute Gasteiger partial charge is 0.338 e. The van der Waals surface area contributed by atoms with Crippen LogP contribution >= 0.6 is 0 Å². The molecule has 1 saturated heterocycles. The molecule has 0 bridgehead atoms. The first kappa shape index (κ1) is 26.7. The molecule has 11 heteroatoms. The van der Waals surface area contributed by atoms with E-state index in [1.165, 1.54) is 12.1 Å². The van der Waals surface area contributed by atoms with E-state index in [-0.39, 0.29) is 5.82 Å². The highest BCUT2D eigenvalue weighted by Crippen LogP contribution is 2.29. The van der Waals surface area contributed by atoms with E-state index in [9.17, 15) is 17.6 Å². The van der Waals surface area contributed by atoms with E-state index in [1.54, 1.807) is 12.1 Å². The zero-order valence-corrected chi connectivity index (χ0v) is 20.6. The summed E-state index contributed by atoms with van der Waals surface area (Å²) in [6.07, 6.45) is -2.92. The molecule has 1 aliphatic rings. The Hall–Kier alpha value is -2.95. The van der Waals surface area contributed by atoms with Crippen molar-refractivity contribution in [3.63, 3.8) is 0 Å². The number of piperazine rings is 1. The first-order chi connectivity index (χ1) is 16.6. The van der Waals surface area contributed by atoms with Gasteiger partial charge in [-0.3, -0.25) is 4.68 Å².